The number of carbonyl (C=O) groups excluding carboxylic acids is 1. The van der Waals surface area contributed by atoms with Crippen molar-refractivity contribution in [1.82, 2.24) is 0 Å². The molecule has 0 spiro atoms. The molecule has 2 aliphatic carbocycles. The Morgan fingerprint density at radius 3 is 2.73 bits per heavy atom. The van der Waals surface area contributed by atoms with E-state index in [1.807, 2.05) is 36.4 Å². The average Bonchev–Trinajstić information content (AvgIpc) is 2.55. The third-order valence-corrected chi connectivity index (χ3v) is 5.55. The summed E-state index contributed by atoms with van der Waals surface area (Å²) < 4.78 is 11.2. The molecule has 2 aliphatic rings. The smallest absolute Gasteiger partial charge is 0.344 e. The summed E-state index contributed by atoms with van der Waals surface area (Å²) in [4.78, 5) is 12.0. The van der Waals surface area contributed by atoms with Crippen molar-refractivity contribution in [1.29, 1.82) is 0 Å². The topological polar surface area (TPSA) is 35.5 Å². The van der Waals surface area contributed by atoms with Crippen molar-refractivity contribution in [3.8, 4) is 5.75 Å². The number of hydrogen-bond donors (Lipinski definition) is 0. The Morgan fingerprint density at radius 2 is 2.05 bits per heavy atom. The van der Waals surface area contributed by atoms with E-state index >= 15 is 0 Å². The van der Waals surface area contributed by atoms with Crippen LogP contribution in [0.3, 0.4) is 0 Å². The second-order valence-corrected chi connectivity index (χ2v) is 6.75. The lowest BCUT2D eigenvalue weighted by Crippen LogP contribution is -2.59. The summed E-state index contributed by atoms with van der Waals surface area (Å²) in [6.07, 6.45) is 3.59. The first-order valence-corrected chi connectivity index (χ1v) is 7.96. The zero-order valence-electron chi connectivity index (χ0n) is 12.7. The molecule has 22 heavy (non-hydrogen) atoms. The van der Waals surface area contributed by atoms with Crippen LogP contribution in [0, 0.1) is 11.3 Å². The number of hydrogen-bond acceptors (Lipinski definition) is 3. The van der Waals surface area contributed by atoms with E-state index in [0.29, 0.717) is 5.75 Å². The highest BCUT2D eigenvalue weighted by Gasteiger charge is 2.59. The number of carbonyl (C=O) groups is 1. The van der Waals surface area contributed by atoms with Gasteiger partial charge in [-0.2, -0.15) is 0 Å². The molecule has 114 valence electrons. The van der Waals surface area contributed by atoms with Gasteiger partial charge in [0.05, 0.1) is 0 Å². The van der Waals surface area contributed by atoms with Crippen molar-refractivity contribution in [3.05, 3.63) is 42.5 Å². The van der Waals surface area contributed by atoms with E-state index in [4.69, 9.17) is 9.47 Å². The van der Waals surface area contributed by atoms with Gasteiger partial charge >= 0.3 is 5.97 Å². The lowest BCUT2D eigenvalue weighted by Gasteiger charge is -2.61. The molecule has 2 saturated carbocycles. The molecule has 2 aromatic rings. The minimum atomic E-state index is -0.260. The van der Waals surface area contributed by atoms with Gasteiger partial charge in [-0.25, -0.2) is 4.79 Å². The van der Waals surface area contributed by atoms with Crippen LogP contribution in [-0.2, 0) is 9.53 Å². The largest absolute Gasteiger partial charge is 0.482 e. The van der Waals surface area contributed by atoms with E-state index in [0.717, 1.165) is 23.1 Å². The van der Waals surface area contributed by atoms with Crippen molar-refractivity contribution < 1.29 is 14.3 Å². The van der Waals surface area contributed by atoms with Crippen molar-refractivity contribution in [2.75, 3.05) is 6.61 Å². The summed E-state index contributed by atoms with van der Waals surface area (Å²) in [7, 11) is 0. The predicted molar refractivity (Wildman–Crippen MR) is 84.8 cm³/mol. The maximum absolute atomic E-state index is 12.0. The Kier molecular flexibility index (Phi) is 3.10. The van der Waals surface area contributed by atoms with Crippen LogP contribution in [-0.4, -0.2) is 18.7 Å². The molecule has 3 heteroatoms. The van der Waals surface area contributed by atoms with Gasteiger partial charge in [0.25, 0.3) is 0 Å². The summed E-state index contributed by atoms with van der Waals surface area (Å²) in [6, 6.07) is 13.9. The molecule has 0 N–H and O–H groups in total. The SMILES string of the molecule is C[C@]12CC[C@@H]1C[C@H]2OC(=O)COc1ccc2ccccc2c1. The first-order valence-electron chi connectivity index (χ1n) is 7.96. The molecule has 0 bridgehead atoms. The maximum atomic E-state index is 12.0. The Labute approximate surface area is 130 Å². The van der Waals surface area contributed by atoms with Gasteiger partial charge in [-0.15, -0.1) is 0 Å². The Bertz CT molecular complexity index is 723. The zero-order chi connectivity index (χ0) is 15.2. The molecule has 3 nitrogen and oxygen atoms in total. The lowest BCUT2D eigenvalue weighted by molar-refractivity contribution is -0.209. The molecule has 0 aliphatic heterocycles. The van der Waals surface area contributed by atoms with E-state index in [1.54, 1.807) is 0 Å². The van der Waals surface area contributed by atoms with Crippen molar-refractivity contribution in [2.45, 2.75) is 32.3 Å². The zero-order valence-corrected chi connectivity index (χ0v) is 12.7. The van der Waals surface area contributed by atoms with Crippen molar-refractivity contribution >= 4 is 16.7 Å². The van der Waals surface area contributed by atoms with Gasteiger partial charge in [-0.3, -0.25) is 0 Å². The number of esters is 1. The van der Waals surface area contributed by atoms with E-state index in [1.165, 1.54) is 12.8 Å². The van der Waals surface area contributed by atoms with Crippen LogP contribution in [0.1, 0.15) is 26.2 Å². The molecule has 2 aromatic carbocycles. The average molecular weight is 296 g/mol. The van der Waals surface area contributed by atoms with Gasteiger partial charge in [0.1, 0.15) is 11.9 Å². The molecule has 2 fully saturated rings. The lowest BCUT2D eigenvalue weighted by atomic mass is 9.47. The summed E-state index contributed by atoms with van der Waals surface area (Å²) in [5.41, 5.74) is 0.249. The van der Waals surface area contributed by atoms with Gasteiger partial charge in [0, 0.05) is 5.41 Å². The fourth-order valence-corrected chi connectivity index (χ4v) is 3.76. The Balaban J connectivity index is 1.34. The molecule has 4 rings (SSSR count). The van der Waals surface area contributed by atoms with Gasteiger partial charge in [0.15, 0.2) is 6.61 Å². The first-order chi connectivity index (χ1) is 10.6. The van der Waals surface area contributed by atoms with Gasteiger partial charge in [-0.1, -0.05) is 37.3 Å². The number of rotatable bonds is 4. The maximum Gasteiger partial charge on any atom is 0.344 e. The number of benzene rings is 2. The van der Waals surface area contributed by atoms with E-state index in [2.05, 4.69) is 13.0 Å². The molecule has 0 saturated heterocycles. The highest BCUT2D eigenvalue weighted by atomic mass is 16.6. The third kappa shape index (κ3) is 2.16. The van der Waals surface area contributed by atoms with Crippen LogP contribution in [0.5, 0.6) is 5.75 Å². The minimum Gasteiger partial charge on any atom is -0.482 e. The Morgan fingerprint density at radius 1 is 1.23 bits per heavy atom. The van der Waals surface area contributed by atoms with E-state index in [9.17, 15) is 4.79 Å². The van der Waals surface area contributed by atoms with Crippen LogP contribution in [0.4, 0.5) is 0 Å². The van der Waals surface area contributed by atoms with E-state index < -0.39 is 0 Å². The highest BCUT2D eigenvalue weighted by Crippen LogP contribution is 2.61. The fourth-order valence-electron chi connectivity index (χ4n) is 3.76. The number of fused-ring (bicyclic) bond motifs is 2. The van der Waals surface area contributed by atoms with Crippen LogP contribution >= 0.6 is 0 Å². The molecule has 0 aromatic heterocycles. The monoisotopic (exact) mass is 296 g/mol. The molecule has 0 unspecified atom stereocenters. The van der Waals surface area contributed by atoms with Crippen molar-refractivity contribution in [2.24, 2.45) is 11.3 Å². The van der Waals surface area contributed by atoms with E-state index in [-0.39, 0.29) is 24.1 Å². The summed E-state index contributed by atoms with van der Waals surface area (Å²) in [5, 5.41) is 2.27. The standard InChI is InChI=1S/C19H20O3/c1-19-9-8-15(19)11-17(19)22-18(20)12-21-16-7-6-13-4-2-3-5-14(13)10-16/h2-7,10,15,17H,8-9,11-12H2,1H3/t15-,17-,19+/m1/s1. The van der Waals surface area contributed by atoms with Gasteiger partial charge in [0.2, 0.25) is 0 Å². The molecule has 0 amide bonds. The number of ether oxygens (including phenoxy) is 2. The summed E-state index contributed by atoms with van der Waals surface area (Å²) >= 11 is 0. The molecular formula is C19H20O3. The summed E-state index contributed by atoms with van der Waals surface area (Å²) in [5.74, 6) is 1.22. The van der Waals surface area contributed by atoms with Gasteiger partial charge in [-0.05, 0) is 48.1 Å². The van der Waals surface area contributed by atoms with Crippen LogP contribution < -0.4 is 4.74 Å². The molecule has 0 radical (unpaired) electrons. The second kappa shape index (κ2) is 5.01. The predicted octanol–water partition coefficient (Wildman–Crippen LogP) is 3.95. The van der Waals surface area contributed by atoms with Crippen LogP contribution in [0.25, 0.3) is 10.8 Å². The molecular weight excluding hydrogens is 276 g/mol. The van der Waals surface area contributed by atoms with Crippen LogP contribution in [0.2, 0.25) is 0 Å². The van der Waals surface area contributed by atoms with Gasteiger partial charge < -0.3 is 9.47 Å². The molecule has 3 atom stereocenters. The quantitative estimate of drug-likeness (QED) is 0.801. The molecule has 0 heterocycles. The van der Waals surface area contributed by atoms with Crippen LogP contribution in [0.15, 0.2) is 42.5 Å². The van der Waals surface area contributed by atoms with Crippen molar-refractivity contribution in [3.63, 3.8) is 0 Å². The third-order valence-electron chi connectivity index (χ3n) is 5.55. The highest BCUT2D eigenvalue weighted by molar-refractivity contribution is 5.83. The fraction of sp³-hybridized carbons (Fsp3) is 0.421. The minimum absolute atomic E-state index is 0.0183. The first kappa shape index (κ1) is 13.6. The Hall–Kier alpha value is -2.03. The normalized spacial score (nSPS) is 29.1. The summed E-state index contributed by atoms with van der Waals surface area (Å²) in [6.45, 7) is 2.21. The second-order valence-electron chi connectivity index (χ2n) is 6.75.